The van der Waals surface area contributed by atoms with Gasteiger partial charge >= 0.3 is 0 Å². The molecule has 0 radical (unpaired) electrons. The Morgan fingerprint density at radius 2 is 1.71 bits per heavy atom. The van der Waals surface area contributed by atoms with Crippen molar-refractivity contribution in [3.63, 3.8) is 0 Å². The second-order valence-corrected chi connectivity index (χ2v) is 8.45. The zero-order valence-electron chi connectivity index (χ0n) is 18.1. The normalized spacial score (nSPS) is 22.4. The van der Waals surface area contributed by atoms with Crippen molar-refractivity contribution >= 4 is 5.82 Å². The van der Waals surface area contributed by atoms with Crippen LogP contribution in [0.15, 0.2) is 36.7 Å². The molecule has 160 valence electrons. The van der Waals surface area contributed by atoms with E-state index >= 15 is 0 Å². The highest BCUT2D eigenvalue weighted by atomic mass is 16.5. The van der Waals surface area contributed by atoms with Gasteiger partial charge in [0.05, 0.1) is 36.0 Å². The maximum Gasteiger partial charge on any atom is 0.223 e. The molecule has 0 spiro atoms. The number of anilines is 1. The summed E-state index contributed by atoms with van der Waals surface area (Å²) in [4.78, 5) is 15.7. The predicted molar refractivity (Wildman–Crippen MR) is 119 cm³/mol. The van der Waals surface area contributed by atoms with Crippen LogP contribution in [0.2, 0.25) is 0 Å². The third kappa shape index (κ3) is 3.95. The van der Waals surface area contributed by atoms with Crippen molar-refractivity contribution in [1.82, 2.24) is 30.5 Å². The van der Waals surface area contributed by atoms with Crippen molar-refractivity contribution in [2.45, 2.75) is 50.7 Å². The van der Waals surface area contributed by atoms with Crippen molar-refractivity contribution in [2.24, 2.45) is 0 Å². The van der Waals surface area contributed by atoms with Gasteiger partial charge < -0.3 is 15.0 Å². The molecule has 0 unspecified atom stereocenters. The van der Waals surface area contributed by atoms with Gasteiger partial charge in [0.2, 0.25) is 5.88 Å². The number of pyridine rings is 1. The molecule has 5 heterocycles. The molecule has 2 fully saturated rings. The minimum absolute atomic E-state index is 0.490. The summed E-state index contributed by atoms with van der Waals surface area (Å²) in [5, 5.41) is 12.6. The van der Waals surface area contributed by atoms with Crippen LogP contribution in [0.1, 0.15) is 31.4 Å². The Morgan fingerprint density at radius 1 is 0.935 bits per heavy atom. The molecule has 2 aliphatic rings. The molecule has 2 bridgehead atoms. The number of fused-ring (bicyclic) bond motifs is 2. The first-order valence-electron chi connectivity index (χ1n) is 10.8. The van der Waals surface area contributed by atoms with Crippen molar-refractivity contribution in [3.05, 3.63) is 42.4 Å². The summed E-state index contributed by atoms with van der Waals surface area (Å²) >= 11 is 0. The predicted octanol–water partition coefficient (Wildman–Crippen LogP) is 3.03. The monoisotopic (exact) mass is 417 g/mol. The molecule has 8 heteroatoms. The topological polar surface area (TPSA) is 89.0 Å². The summed E-state index contributed by atoms with van der Waals surface area (Å²) < 4.78 is 5.52. The summed E-state index contributed by atoms with van der Waals surface area (Å²) in [7, 11) is 3.73. The van der Waals surface area contributed by atoms with E-state index in [0.29, 0.717) is 35.4 Å². The third-order valence-corrected chi connectivity index (χ3v) is 6.38. The van der Waals surface area contributed by atoms with Crippen LogP contribution in [0, 0.1) is 6.92 Å². The summed E-state index contributed by atoms with van der Waals surface area (Å²) in [6.45, 7) is 1.91. The molecule has 5 rings (SSSR count). The minimum Gasteiger partial charge on any atom is -0.480 e. The Labute approximate surface area is 182 Å². The second-order valence-electron chi connectivity index (χ2n) is 8.45. The lowest BCUT2D eigenvalue weighted by Crippen LogP contribution is -2.47. The van der Waals surface area contributed by atoms with E-state index in [-0.39, 0.29) is 0 Å². The number of rotatable bonds is 5. The number of nitrogens with zero attached hydrogens (tertiary/aromatic N) is 6. The lowest BCUT2D eigenvalue weighted by molar-refractivity contribution is 0.353. The summed E-state index contributed by atoms with van der Waals surface area (Å²) in [6, 6.07) is 9.65. The van der Waals surface area contributed by atoms with Crippen LogP contribution in [0.25, 0.3) is 22.6 Å². The standard InChI is InChI=1S/C23H27N7O/c1-14-12-25-21(13-24-14)18-6-7-19(27-23(18)31-3)20-8-9-22(29-28-20)30(2)17-10-15-4-5-16(11-17)26-15/h6-9,12-13,15-17,26H,4-5,10-11H2,1-3H3/t15-,16+,17-. The Kier molecular flexibility index (Phi) is 5.23. The molecule has 3 atom stereocenters. The van der Waals surface area contributed by atoms with Gasteiger partial charge in [0.1, 0.15) is 5.69 Å². The quantitative estimate of drug-likeness (QED) is 0.678. The highest BCUT2D eigenvalue weighted by Crippen LogP contribution is 2.32. The molecule has 2 saturated heterocycles. The van der Waals surface area contributed by atoms with Crippen LogP contribution < -0.4 is 15.0 Å². The van der Waals surface area contributed by atoms with Gasteiger partial charge in [-0.05, 0) is 56.9 Å². The largest absolute Gasteiger partial charge is 0.480 e. The van der Waals surface area contributed by atoms with Gasteiger partial charge in [0, 0.05) is 31.4 Å². The second kappa shape index (κ2) is 8.19. The molecule has 31 heavy (non-hydrogen) atoms. The van der Waals surface area contributed by atoms with E-state index in [0.717, 1.165) is 22.8 Å². The van der Waals surface area contributed by atoms with Gasteiger partial charge in [-0.15, -0.1) is 10.2 Å². The zero-order valence-corrected chi connectivity index (χ0v) is 18.1. The highest BCUT2D eigenvalue weighted by molar-refractivity contribution is 5.68. The number of hydrogen-bond donors (Lipinski definition) is 1. The van der Waals surface area contributed by atoms with Gasteiger partial charge in [-0.3, -0.25) is 9.97 Å². The first-order valence-corrected chi connectivity index (χ1v) is 10.8. The Bertz CT molecular complexity index is 1040. The van der Waals surface area contributed by atoms with E-state index in [4.69, 9.17) is 4.74 Å². The molecule has 0 aromatic carbocycles. The molecular formula is C23H27N7O. The summed E-state index contributed by atoms with van der Waals surface area (Å²) in [6.07, 6.45) is 8.37. The molecule has 3 aromatic heterocycles. The average molecular weight is 418 g/mol. The van der Waals surface area contributed by atoms with Gasteiger partial charge in [-0.2, -0.15) is 0 Å². The fraction of sp³-hybridized carbons (Fsp3) is 0.435. The molecule has 1 N–H and O–H groups in total. The van der Waals surface area contributed by atoms with Crippen LogP contribution in [0.3, 0.4) is 0 Å². The van der Waals surface area contributed by atoms with E-state index in [1.165, 1.54) is 25.7 Å². The number of nitrogens with one attached hydrogen (secondary N) is 1. The third-order valence-electron chi connectivity index (χ3n) is 6.38. The number of aromatic nitrogens is 5. The van der Waals surface area contributed by atoms with E-state index in [1.54, 1.807) is 19.5 Å². The van der Waals surface area contributed by atoms with Gasteiger partial charge in [0.15, 0.2) is 5.82 Å². The van der Waals surface area contributed by atoms with Crippen LogP contribution >= 0.6 is 0 Å². The van der Waals surface area contributed by atoms with Crippen molar-refractivity contribution in [1.29, 1.82) is 0 Å². The summed E-state index contributed by atoms with van der Waals surface area (Å²) in [5.74, 6) is 1.39. The van der Waals surface area contributed by atoms with Crippen molar-refractivity contribution < 1.29 is 4.74 Å². The lowest BCUT2D eigenvalue weighted by atomic mass is 9.98. The number of methoxy groups -OCH3 is 1. The Balaban J connectivity index is 1.36. The van der Waals surface area contributed by atoms with Crippen LogP contribution in [0.5, 0.6) is 5.88 Å². The smallest absolute Gasteiger partial charge is 0.223 e. The van der Waals surface area contributed by atoms with E-state index in [9.17, 15) is 0 Å². The highest BCUT2D eigenvalue weighted by Gasteiger charge is 2.35. The van der Waals surface area contributed by atoms with E-state index < -0.39 is 0 Å². The maximum absolute atomic E-state index is 5.52. The van der Waals surface area contributed by atoms with Crippen molar-refractivity contribution in [3.8, 4) is 28.5 Å². The Morgan fingerprint density at radius 3 is 2.35 bits per heavy atom. The van der Waals surface area contributed by atoms with Crippen LogP contribution in [-0.4, -0.2) is 57.4 Å². The van der Waals surface area contributed by atoms with E-state index in [1.807, 2.05) is 31.2 Å². The molecule has 0 saturated carbocycles. The first-order chi connectivity index (χ1) is 15.1. The zero-order chi connectivity index (χ0) is 21.4. The lowest BCUT2D eigenvalue weighted by Gasteiger charge is -2.36. The van der Waals surface area contributed by atoms with Crippen molar-refractivity contribution in [2.75, 3.05) is 19.1 Å². The van der Waals surface area contributed by atoms with Gasteiger partial charge in [-0.1, -0.05) is 0 Å². The van der Waals surface area contributed by atoms with Gasteiger partial charge in [0.25, 0.3) is 0 Å². The number of piperidine rings is 1. The summed E-state index contributed by atoms with van der Waals surface area (Å²) in [5.41, 5.74) is 3.80. The molecule has 8 nitrogen and oxygen atoms in total. The van der Waals surface area contributed by atoms with Crippen LogP contribution in [-0.2, 0) is 0 Å². The van der Waals surface area contributed by atoms with Gasteiger partial charge in [-0.25, -0.2) is 4.98 Å². The van der Waals surface area contributed by atoms with Crippen LogP contribution in [0.4, 0.5) is 5.82 Å². The molecule has 2 aliphatic heterocycles. The number of ether oxygens (including phenoxy) is 1. The SMILES string of the molecule is COc1nc(-c2ccc(N(C)[C@@H]3C[C@H]4CC[C@@H](C3)N4)nn2)ccc1-c1cnc(C)cn1. The number of hydrogen-bond acceptors (Lipinski definition) is 8. The minimum atomic E-state index is 0.490. The molecule has 0 aliphatic carbocycles. The average Bonchev–Trinajstić information content (AvgIpc) is 3.16. The Hall–Kier alpha value is -3.13. The number of aryl methyl sites for hydroxylation is 1. The fourth-order valence-corrected chi connectivity index (χ4v) is 4.65. The molecule has 0 amide bonds. The maximum atomic E-state index is 5.52. The fourth-order valence-electron chi connectivity index (χ4n) is 4.65. The molecular weight excluding hydrogens is 390 g/mol. The molecule has 3 aromatic rings. The first kappa shape index (κ1) is 19.8. The van der Waals surface area contributed by atoms with E-state index in [2.05, 4.69) is 42.4 Å².